The Hall–Kier alpha value is -1.82. The minimum Gasteiger partial charge on any atom is -0.504 e. The molecule has 0 saturated heterocycles. The van der Waals surface area contributed by atoms with E-state index in [4.69, 9.17) is 17.0 Å². The topological polar surface area (TPSA) is 65.9 Å². The molecular weight excluding hydrogens is 310 g/mol. The minimum absolute atomic E-state index is 0.125. The molecule has 1 aromatic carbocycles. The highest BCUT2D eigenvalue weighted by Gasteiger charge is 2.21. The number of rotatable bonds is 5. The van der Waals surface area contributed by atoms with Gasteiger partial charge in [-0.05, 0) is 61.7 Å². The van der Waals surface area contributed by atoms with Crippen molar-refractivity contribution < 1.29 is 9.84 Å². The molecule has 1 fully saturated rings. The fourth-order valence-electron chi connectivity index (χ4n) is 2.78. The lowest BCUT2D eigenvalue weighted by atomic mass is 9.86. The highest BCUT2D eigenvalue weighted by molar-refractivity contribution is 7.80. The van der Waals surface area contributed by atoms with E-state index in [2.05, 4.69) is 22.8 Å². The van der Waals surface area contributed by atoms with Crippen LogP contribution in [0, 0.1) is 5.92 Å². The zero-order chi connectivity index (χ0) is 16.7. The lowest BCUT2D eigenvalue weighted by Crippen LogP contribution is -2.44. The molecule has 1 aliphatic carbocycles. The first-order valence-electron chi connectivity index (χ1n) is 8.15. The van der Waals surface area contributed by atoms with Crippen LogP contribution in [0.5, 0.6) is 11.5 Å². The predicted octanol–water partition coefficient (Wildman–Crippen LogP) is 3.17. The highest BCUT2D eigenvalue weighted by Crippen LogP contribution is 2.26. The number of benzene rings is 1. The van der Waals surface area contributed by atoms with Gasteiger partial charge in [-0.15, -0.1) is 0 Å². The van der Waals surface area contributed by atoms with Gasteiger partial charge in [-0.3, -0.25) is 5.43 Å². The number of hydrazone groups is 1. The Bertz CT molecular complexity index is 563. The van der Waals surface area contributed by atoms with Gasteiger partial charge in [0.25, 0.3) is 0 Å². The van der Waals surface area contributed by atoms with Crippen molar-refractivity contribution in [1.82, 2.24) is 10.7 Å². The van der Waals surface area contributed by atoms with E-state index >= 15 is 0 Å². The van der Waals surface area contributed by atoms with Crippen LogP contribution in [0.1, 0.15) is 45.1 Å². The van der Waals surface area contributed by atoms with Gasteiger partial charge in [-0.25, -0.2) is 0 Å². The Labute approximate surface area is 143 Å². The molecule has 2 rings (SSSR count). The van der Waals surface area contributed by atoms with Crippen molar-refractivity contribution in [3.8, 4) is 11.5 Å². The summed E-state index contributed by atoms with van der Waals surface area (Å²) >= 11 is 5.29. The van der Waals surface area contributed by atoms with E-state index in [-0.39, 0.29) is 5.75 Å². The van der Waals surface area contributed by atoms with E-state index in [1.54, 1.807) is 24.4 Å². The molecule has 1 aliphatic rings. The fourth-order valence-corrected chi connectivity index (χ4v) is 2.98. The molecule has 0 aromatic heterocycles. The number of hydrogen-bond donors (Lipinski definition) is 3. The molecule has 3 N–H and O–H groups in total. The summed E-state index contributed by atoms with van der Waals surface area (Å²) in [4.78, 5) is 0. The maximum atomic E-state index is 9.67. The summed E-state index contributed by atoms with van der Waals surface area (Å²) in [5, 5.41) is 17.7. The normalized spacial score (nSPS) is 21.1. The highest BCUT2D eigenvalue weighted by atomic mass is 32.1. The number of hydrogen-bond acceptors (Lipinski definition) is 4. The number of phenolic OH excluding ortho intramolecular Hbond substituents is 1. The maximum absolute atomic E-state index is 9.67. The van der Waals surface area contributed by atoms with Crippen LogP contribution in [0.4, 0.5) is 0 Å². The molecule has 0 amide bonds. The van der Waals surface area contributed by atoms with Crippen molar-refractivity contribution in [2.24, 2.45) is 11.0 Å². The number of phenols is 1. The average molecular weight is 335 g/mol. The van der Waals surface area contributed by atoms with Crippen molar-refractivity contribution in [2.75, 3.05) is 6.61 Å². The number of nitrogens with zero attached hydrogens (tertiary/aromatic N) is 1. The van der Waals surface area contributed by atoms with Crippen molar-refractivity contribution in [2.45, 2.75) is 45.6 Å². The van der Waals surface area contributed by atoms with Gasteiger partial charge < -0.3 is 15.2 Å². The van der Waals surface area contributed by atoms with Gasteiger partial charge >= 0.3 is 0 Å². The molecule has 0 unspecified atom stereocenters. The maximum Gasteiger partial charge on any atom is 0.187 e. The zero-order valence-corrected chi connectivity index (χ0v) is 14.5. The van der Waals surface area contributed by atoms with E-state index < -0.39 is 0 Å². The van der Waals surface area contributed by atoms with Crippen LogP contribution in [0.15, 0.2) is 23.3 Å². The quantitative estimate of drug-likeness (QED) is 0.438. The molecule has 0 bridgehead atoms. The van der Waals surface area contributed by atoms with Crippen LogP contribution in [0.3, 0.4) is 0 Å². The van der Waals surface area contributed by atoms with E-state index in [0.29, 0.717) is 29.4 Å². The van der Waals surface area contributed by atoms with E-state index in [0.717, 1.165) is 12.0 Å². The van der Waals surface area contributed by atoms with Gasteiger partial charge in [0.05, 0.1) is 12.8 Å². The molecule has 1 aromatic rings. The van der Waals surface area contributed by atoms with Crippen LogP contribution >= 0.6 is 12.2 Å². The summed E-state index contributed by atoms with van der Waals surface area (Å²) in [6, 6.07) is 5.52. The molecule has 0 aliphatic heterocycles. The van der Waals surface area contributed by atoms with Gasteiger partial charge in [0.15, 0.2) is 16.6 Å². The zero-order valence-electron chi connectivity index (χ0n) is 13.7. The van der Waals surface area contributed by atoms with Gasteiger partial charge in [0.1, 0.15) is 0 Å². The second-order valence-electron chi connectivity index (χ2n) is 5.87. The van der Waals surface area contributed by atoms with Gasteiger partial charge in [0, 0.05) is 6.04 Å². The molecule has 23 heavy (non-hydrogen) atoms. The summed E-state index contributed by atoms with van der Waals surface area (Å²) in [6.07, 6.45) is 6.61. The van der Waals surface area contributed by atoms with E-state index in [1.807, 2.05) is 6.92 Å². The Kier molecular flexibility index (Phi) is 6.65. The lowest BCUT2D eigenvalue weighted by Gasteiger charge is -2.30. The number of ether oxygens (including phenoxy) is 1. The largest absolute Gasteiger partial charge is 0.504 e. The van der Waals surface area contributed by atoms with Gasteiger partial charge in [0.2, 0.25) is 0 Å². The first kappa shape index (κ1) is 17.5. The Morgan fingerprint density at radius 2 is 2.22 bits per heavy atom. The first-order chi connectivity index (χ1) is 11.1. The summed E-state index contributed by atoms with van der Waals surface area (Å²) in [5.41, 5.74) is 3.68. The number of nitrogens with one attached hydrogen (secondary N) is 2. The van der Waals surface area contributed by atoms with E-state index in [1.165, 1.54) is 19.3 Å². The molecular formula is C17H25N3O2S. The molecule has 0 spiro atoms. The number of aromatic hydroxyl groups is 1. The Morgan fingerprint density at radius 3 is 2.96 bits per heavy atom. The SMILES string of the molecule is CCOc1cc(/C=N/NC(=S)N[C@@H]2CCCC[C@@H]2C)ccc1O. The summed E-state index contributed by atoms with van der Waals surface area (Å²) in [7, 11) is 0. The molecule has 6 heteroatoms. The molecule has 1 saturated carbocycles. The smallest absolute Gasteiger partial charge is 0.187 e. The monoisotopic (exact) mass is 335 g/mol. The molecule has 126 valence electrons. The third kappa shape index (κ3) is 5.39. The average Bonchev–Trinajstić information content (AvgIpc) is 2.53. The van der Waals surface area contributed by atoms with Crippen molar-refractivity contribution >= 4 is 23.5 Å². The van der Waals surface area contributed by atoms with Gasteiger partial charge in [-0.2, -0.15) is 5.10 Å². The summed E-state index contributed by atoms with van der Waals surface area (Å²) < 4.78 is 5.35. The van der Waals surface area contributed by atoms with Crippen molar-refractivity contribution in [3.63, 3.8) is 0 Å². The molecule has 0 radical (unpaired) electrons. The summed E-state index contributed by atoms with van der Waals surface area (Å²) in [6.45, 7) is 4.63. The first-order valence-corrected chi connectivity index (χ1v) is 8.56. The van der Waals surface area contributed by atoms with Crippen LogP contribution in [0.25, 0.3) is 0 Å². The second-order valence-corrected chi connectivity index (χ2v) is 6.28. The molecule has 2 atom stereocenters. The molecule has 0 heterocycles. The van der Waals surface area contributed by atoms with Crippen LogP contribution in [-0.4, -0.2) is 29.1 Å². The third-order valence-corrected chi connectivity index (χ3v) is 4.30. The Balaban J connectivity index is 1.86. The van der Waals surface area contributed by atoms with E-state index in [9.17, 15) is 5.11 Å². The number of thiocarbonyl (C=S) groups is 1. The standard InChI is InChI=1S/C17H25N3O2S/c1-3-22-16-10-13(8-9-15(16)21)11-18-20-17(23)19-14-7-5-4-6-12(14)2/h8-12,14,21H,3-7H2,1-2H3,(H2,19,20,23)/b18-11+/t12-,14+/m0/s1. The van der Waals surface area contributed by atoms with Crippen molar-refractivity contribution in [1.29, 1.82) is 0 Å². The van der Waals surface area contributed by atoms with Crippen LogP contribution in [0.2, 0.25) is 0 Å². The lowest BCUT2D eigenvalue weighted by molar-refractivity contribution is 0.308. The van der Waals surface area contributed by atoms with Gasteiger partial charge in [-0.1, -0.05) is 19.8 Å². The second kappa shape index (κ2) is 8.72. The van der Waals surface area contributed by atoms with Crippen LogP contribution in [-0.2, 0) is 0 Å². The van der Waals surface area contributed by atoms with Crippen molar-refractivity contribution in [3.05, 3.63) is 23.8 Å². The minimum atomic E-state index is 0.125. The summed E-state index contributed by atoms with van der Waals surface area (Å²) in [5.74, 6) is 1.21. The fraction of sp³-hybridized carbons (Fsp3) is 0.529. The third-order valence-electron chi connectivity index (χ3n) is 4.09. The predicted molar refractivity (Wildman–Crippen MR) is 97.2 cm³/mol. The molecule has 5 nitrogen and oxygen atoms in total. The van der Waals surface area contributed by atoms with Crippen LogP contribution < -0.4 is 15.5 Å². The Morgan fingerprint density at radius 1 is 1.43 bits per heavy atom.